The first-order valence-electron chi connectivity index (χ1n) is 5.80. The molecule has 3 N–H and O–H groups in total. The third-order valence-corrected chi connectivity index (χ3v) is 6.18. The van der Waals surface area contributed by atoms with Crippen LogP contribution in [0.2, 0.25) is 0 Å². The largest absolute Gasteiger partial charge is 0.494 e. The van der Waals surface area contributed by atoms with Gasteiger partial charge in [-0.15, -0.1) is 11.3 Å². The van der Waals surface area contributed by atoms with Gasteiger partial charge in [0.2, 0.25) is 0 Å². The van der Waals surface area contributed by atoms with Gasteiger partial charge in [-0.05, 0) is 24.3 Å². The molecule has 7 heteroatoms. The highest BCUT2D eigenvalue weighted by atomic mass is 32.2. The molecule has 1 rings (SSSR count). The van der Waals surface area contributed by atoms with Crippen molar-refractivity contribution in [3.8, 4) is 5.75 Å². The quantitative estimate of drug-likeness (QED) is 0.799. The summed E-state index contributed by atoms with van der Waals surface area (Å²) < 4.78 is 32.6. The van der Waals surface area contributed by atoms with Crippen LogP contribution in [-0.4, -0.2) is 27.6 Å². The van der Waals surface area contributed by atoms with Crippen molar-refractivity contribution in [1.82, 2.24) is 4.72 Å². The lowest BCUT2D eigenvalue weighted by atomic mass is 9.95. The number of nitrogens with two attached hydrogens (primary N) is 1. The van der Waals surface area contributed by atoms with E-state index < -0.39 is 15.6 Å². The van der Waals surface area contributed by atoms with Crippen molar-refractivity contribution < 1.29 is 13.2 Å². The number of sulfonamides is 1. The molecule has 1 aromatic rings. The molecular weight excluding hydrogens is 272 g/mol. The Morgan fingerprint density at radius 2 is 2.06 bits per heavy atom. The van der Waals surface area contributed by atoms with Crippen LogP contribution in [0.4, 0.5) is 0 Å². The van der Waals surface area contributed by atoms with Crippen LogP contribution in [-0.2, 0) is 10.0 Å². The molecule has 0 amide bonds. The highest BCUT2D eigenvalue weighted by Gasteiger charge is 2.32. The molecule has 0 bridgehead atoms. The first-order chi connectivity index (χ1) is 8.44. The number of methoxy groups -OCH3 is 1. The molecule has 104 valence electrons. The van der Waals surface area contributed by atoms with Gasteiger partial charge in [0, 0.05) is 12.1 Å². The van der Waals surface area contributed by atoms with Crippen LogP contribution in [0.1, 0.15) is 26.7 Å². The molecule has 1 aromatic heterocycles. The number of nitrogens with one attached hydrogen (secondary N) is 1. The summed E-state index contributed by atoms with van der Waals surface area (Å²) in [4.78, 5) is 0. The van der Waals surface area contributed by atoms with Crippen LogP contribution in [0.3, 0.4) is 0 Å². The molecule has 0 aliphatic carbocycles. The van der Waals surface area contributed by atoms with Crippen molar-refractivity contribution in [2.24, 2.45) is 5.73 Å². The van der Waals surface area contributed by atoms with Gasteiger partial charge in [-0.3, -0.25) is 0 Å². The summed E-state index contributed by atoms with van der Waals surface area (Å²) >= 11 is 1.14. The summed E-state index contributed by atoms with van der Waals surface area (Å²) in [5.41, 5.74) is 5.12. The Kier molecular flexibility index (Phi) is 5.15. The normalized spacial score (nSPS) is 12.7. The van der Waals surface area contributed by atoms with Crippen LogP contribution in [0.5, 0.6) is 5.75 Å². The van der Waals surface area contributed by atoms with Crippen molar-refractivity contribution in [2.45, 2.75) is 36.4 Å². The smallest absolute Gasteiger partial charge is 0.254 e. The Bertz CT molecular complexity index is 470. The minimum Gasteiger partial charge on any atom is -0.494 e. The second-order valence-electron chi connectivity index (χ2n) is 4.07. The molecule has 0 aliphatic heterocycles. The number of hydrogen-bond acceptors (Lipinski definition) is 5. The van der Waals surface area contributed by atoms with Crippen molar-refractivity contribution in [2.75, 3.05) is 13.7 Å². The minimum absolute atomic E-state index is 0.199. The fourth-order valence-corrected chi connectivity index (χ4v) is 4.52. The molecule has 1 heterocycles. The summed E-state index contributed by atoms with van der Waals surface area (Å²) in [6, 6.07) is 1.64. The van der Waals surface area contributed by atoms with E-state index in [1.54, 1.807) is 11.4 Å². The molecule has 0 saturated carbocycles. The van der Waals surface area contributed by atoms with Gasteiger partial charge in [0.1, 0.15) is 5.75 Å². The van der Waals surface area contributed by atoms with E-state index in [1.165, 1.54) is 7.11 Å². The minimum atomic E-state index is -3.59. The van der Waals surface area contributed by atoms with Crippen LogP contribution in [0.25, 0.3) is 0 Å². The van der Waals surface area contributed by atoms with Crippen molar-refractivity contribution in [1.29, 1.82) is 0 Å². The summed E-state index contributed by atoms with van der Waals surface area (Å²) in [6.07, 6.45) is 1.29. The third-order valence-electron chi connectivity index (χ3n) is 3.15. The monoisotopic (exact) mass is 292 g/mol. The van der Waals surface area contributed by atoms with E-state index in [4.69, 9.17) is 10.5 Å². The number of rotatable bonds is 7. The topological polar surface area (TPSA) is 81.4 Å². The van der Waals surface area contributed by atoms with E-state index in [1.807, 2.05) is 13.8 Å². The Balaban J connectivity index is 3.08. The fourth-order valence-electron chi connectivity index (χ4n) is 1.69. The first kappa shape index (κ1) is 15.4. The zero-order valence-corrected chi connectivity index (χ0v) is 12.5. The van der Waals surface area contributed by atoms with E-state index in [-0.39, 0.29) is 10.8 Å². The molecule has 0 saturated heterocycles. The van der Waals surface area contributed by atoms with Crippen molar-refractivity contribution >= 4 is 21.4 Å². The molecule has 0 spiro atoms. The number of thiophene rings is 1. The zero-order valence-electron chi connectivity index (χ0n) is 10.9. The lowest BCUT2D eigenvalue weighted by Crippen LogP contribution is -2.52. The van der Waals surface area contributed by atoms with Crippen LogP contribution < -0.4 is 15.2 Å². The predicted molar refractivity (Wildman–Crippen MR) is 73.6 cm³/mol. The summed E-state index contributed by atoms with van der Waals surface area (Å²) in [6.45, 7) is 4.11. The van der Waals surface area contributed by atoms with Gasteiger partial charge < -0.3 is 10.5 Å². The lowest BCUT2D eigenvalue weighted by molar-refractivity contribution is 0.361. The first-order valence-corrected chi connectivity index (χ1v) is 8.16. The van der Waals surface area contributed by atoms with Gasteiger partial charge in [0.05, 0.1) is 7.11 Å². The van der Waals surface area contributed by atoms with Crippen molar-refractivity contribution in [3.05, 3.63) is 11.4 Å². The SMILES string of the molecule is CCC(CC)(CN)NS(=O)(=O)c1sccc1OC. The van der Waals surface area contributed by atoms with Crippen LogP contribution in [0, 0.1) is 0 Å². The molecule has 0 aliphatic rings. The second kappa shape index (κ2) is 6.01. The van der Waals surface area contributed by atoms with Crippen LogP contribution >= 0.6 is 11.3 Å². The zero-order chi connectivity index (χ0) is 13.8. The molecular formula is C11H20N2O3S2. The Morgan fingerprint density at radius 1 is 1.44 bits per heavy atom. The Morgan fingerprint density at radius 3 is 2.50 bits per heavy atom. The highest BCUT2D eigenvalue weighted by molar-refractivity contribution is 7.91. The van der Waals surface area contributed by atoms with E-state index in [2.05, 4.69) is 4.72 Å². The molecule has 0 unspecified atom stereocenters. The highest BCUT2D eigenvalue weighted by Crippen LogP contribution is 2.30. The van der Waals surface area contributed by atoms with E-state index in [9.17, 15) is 8.42 Å². The molecule has 18 heavy (non-hydrogen) atoms. The van der Waals surface area contributed by atoms with Gasteiger partial charge in [0.15, 0.2) is 4.21 Å². The summed E-state index contributed by atoms with van der Waals surface area (Å²) in [5.74, 6) is 0.366. The third kappa shape index (κ3) is 3.03. The number of hydrogen-bond donors (Lipinski definition) is 2. The molecule has 0 aromatic carbocycles. The maximum absolute atomic E-state index is 12.3. The summed E-state index contributed by atoms with van der Waals surface area (Å²) in [5, 5.41) is 1.69. The maximum Gasteiger partial charge on any atom is 0.254 e. The average Bonchev–Trinajstić information content (AvgIpc) is 2.85. The second-order valence-corrected chi connectivity index (χ2v) is 6.87. The van der Waals surface area contributed by atoms with Crippen molar-refractivity contribution in [3.63, 3.8) is 0 Å². The van der Waals surface area contributed by atoms with Gasteiger partial charge in [0.25, 0.3) is 10.0 Å². The predicted octanol–water partition coefficient (Wildman–Crippen LogP) is 1.55. The van der Waals surface area contributed by atoms with Gasteiger partial charge in [-0.2, -0.15) is 0 Å². The van der Waals surface area contributed by atoms with E-state index in [0.717, 1.165) is 11.3 Å². The van der Waals surface area contributed by atoms with E-state index >= 15 is 0 Å². The van der Waals surface area contributed by atoms with Gasteiger partial charge >= 0.3 is 0 Å². The molecule has 0 atom stereocenters. The Hall–Kier alpha value is -0.630. The molecule has 5 nitrogen and oxygen atoms in total. The van der Waals surface area contributed by atoms with E-state index in [0.29, 0.717) is 18.6 Å². The van der Waals surface area contributed by atoms with Gasteiger partial charge in [-0.25, -0.2) is 13.1 Å². The molecule has 0 fully saturated rings. The number of ether oxygens (including phenoxy) is 1. The Labute approximate surface area is 112 Å². The van der Waals surface area contributed by atoms with Crippen LogP contribution in [0.15, 0.2) is 15.7 Å². The lowest BCUT2D eigenvalue weighted by Gasteiger charge is -2.30. The molecule has 0 radical (unpaired) electrons. The van der Waals surface area contributed by atoms with Gasteiger partial charge in [-0.1, -0.05) is 13.8 Å². The maximum atomic E-state index is 12.3. The fraction of sp³-hybridized carbons (Fsp3) is 0.636. The standard InChI is InChI=1S/C11H20N2O3S2/c1-4-11(5-2,8-12)13-18(14,15)10-9(16-3)6-7-17-10/h6-7,13H,4-5,8,12H2,1-3H3. The average molecular weight is 292 g/mol. The summed E-state index contributed by atoms with van der Waals surface area (Å²) in [7, 11) is -2.13.